The summed E-state index contributed by atoms with van der Waals surface area (Å²) in [5.41, 5.74) is -0.757. The number of non-ortho nitro benzene ring substituents is 1. The van der Waals surface area contributed by atoms with E-state index in [2.05, 4.69) is 0 Å². The number of carbonyl (C=O) groups excluding carboxylic acids is 1. The van der Waals surface area contributed by atoms with Gasteiger partial charge in [0.15, 0.2) is 5.78 Å². The van der Waals surface area contributed by atoms with Gasteiger partial charge in [-0.25, -0.2) is 4.79 Å². The molecule has 0 bridgehead atoms. The van der Waals surface area contributed by atoms with Crippen LogP contribution in [0.1, 0.15) is 15.9 Å². The molecule has 0 amide bonds. The Labute approximate surface area is 140 Å². The molecule has 0 aliphatic carbocycles. The van der Waals surface area contributed by atoms with Crippen LogP contribution in [0.25, 0.3) is 17.0 Å². The molecule has 0 saturated heterocycles. The molecule has 1 N–H and O–H groups in total. The Balaban J connectivity index is 1.94. The number of para-hydroxylation sites is 1. The number of hydrogen-bond donors (Lipinski definition) is 1. The molecule has 3 rings (SSSR count). The second-order valence-electron chi connectivity index (χ2n) is 5.16. The maximum atomic E-state index is 12.3. The lowest BCUT2D eigenvalue weighted by atomic mass is 10.1. The fourth-order valence-electron chi connectivity index (χ4n) is 2.31. The van der Waals surface area contributed by atoms with Gasteiger partial charge >= 0.3 is 5.63 Å². The lowest BCUT2D eigenvalue weighted by Gasteiger charge is -2.03. The molecule has 3 aromatic rings. The second-order valence-corrected chi connectivity index (χ2v) is 5.16. The van der Waals surface area contributed by atoms with Gasteiger partial charge in [0.25, 0.3) is 5.69 Å². The highest BCUT2D eigenvalue weighted by atomic mass is 16.6. The molecular weight excluding hydrogens is 326 g/mol. The van der Waals surface area contributed by atoms with Gasteiger partial charge in [0.2, 0.25) is 0 Å². The monoisotopic (exact) mass is 337 g/mol. The van der Waals surface area contributed by atoms with Gasteiger partial charge in [-0.1, -0.05) is 18.2 Å². The van der Waals surface area contributed by atoms with Gasteiger partial charge in [0.1, 0.15) is 16.9 Å². The SMILES string of the molecule is O=C(/C=C/c1ccc([N+](=O)[O-])cc1)c1c(O)c2ccccc2oc1=O. The number of nitro groups is 1. The number of fused-ring (bicyclic) bond motifs is 1. The molecular formula is C18H11NO6. The molecule has 7 nitrogen and oxygen atoms in total. The van der Waals surface area contributed by atoms with Crippen LogP contribution >= 0.6 is 0 Å². The van der Waals surface area contributed by atoms with E-state index in [9.17, 15) is 24.8 Å². The average molecular weight is 337 g/mol. The number of benzene rings is 2. The smallest absolute Gasteiger partial charge is 0.351 e. The summed E-state index contributed by atoms with van der Waals surface area (Å²) in [4.78, 5) is 34.3. The summed E-state index contributed by atoms with van der Waals surface area (Å²) in [5, 5.41) is 21.1. The first-order chi connectivity index (χ1) is 12.0. The first kappa shape index (κ1) is 16.1. The normalized spacial score (nSPS) is 11.0. The van der Waals surface area contributed by atoms with Crippen molar-refractivity contribution in [2.75, 3.05) is 0 Å². The molecule has 0 fully saturated rings. The molecule has 0 radical (unpaired) electrons. The number of aromatic hydroxyl groups is 1. The van der Waals surface area contributed by atoms with Crippen LogP contribution in [-0.2, 0) is 0 Å². The maximum absolute atomic E-state index is 12.3. The Morgan fingerprint density at radius 2 is 1.80 bits per heavy atom. The Hall–Kier alpha value is -3.74. The number of carbonyl (C=O) groups is 1. The van der Waals surface area contributed by atoms with Crippen LogP contribution in [0.3, 0.4) is 0 Å². The van der Waals surface area contributed by atoms with E-state index < -0.39 is 27.6 Å². The Bertz CT molecular complexity index is 1060. The van der Waals surface area contributed by atoms with Gasteiger partial charge in [0, 0.05) is 12.1 Å². The van der Waals surface area contributed by atoms with E-state index in [1.807, 2.05) is 0 Å². The number of nitro benzene ring substituents is 1. The molecule has 0 unspecified atom stereocenters. The van der Waals surface area contributed by atoms with Crippen molar-refractivity contribution >= 4 is 28.5 Å². The number of hydrogen-bond acceptors (Lipinski definition) is 6. The minimum absolute atomic E-state index is 0.0729. The Morgan fingerprint density at radius 3 is 2.48 bits per heavy atom. The summed E-state index contributed by atoms with van der Waals surface area (Å²) in [6.07, 6.45) is 2.49. The van der Waals surface area contributed by atoms with Crippen molar-refractivity contribution in [2.45, 2.75) is 0 Å². The molecule has 0 atom stereocenters. The molecule has 2 aromatic carbocycles. The van der Waals surface area contributed by atoms with Crippen LogP contribution < -0.4 is 5.63 Å². The third-order valence-electron chi connectivity index (χ3n) is 3.56. The van der Waals surface area contributed by atoms with Crippen LogP contribution in [0.4, 0.5) is 5.69 Å². The average Bonchev–Trinajstić information content (AvgIpc) is 2.60. The number of allylic oxidation sites excluding steroid dienone is 1. The van der Waals surface area contributed by atoms with Crippen molar-refractivity contribution in [3.05, 3.63) is 86.3 Å². The van der Waals surface area contributed by atoms with Crippen molar-refractivity contribution in [3.63, 3.8) is 0 Å². The lowest BCUT2D eigenvalue weighted by molar-refractivity contribution is -0.384. The summed E-state index contributed by atoms with van der Waals surface area (Å²) in [7, 11) is 0. The van der Waals surface area contributed by atoms with Crippen LogP contribution in [0.2, 0.25) is 0 Å². The minimum atomic E-state index is -0.936. The first-order valence-electron chi connectivity index (χ1n) is 7.19. The van der Waals surface area contributed by atoms with Gasteiger partial charge in [-0.15, -0.1) is 0 Å². The molecule has 1 aromatic heterocycles. The summed E-state index contributed by atoms with van der Waals surface area (Å²) >= 11 is 0. The quantitative estimate of drug-likeness (QED) is 0.257. The standard InChI is InChI=1S/C18H11NO6/c20-14(10-7-11-5-8-12(9-6-11)19(23)24)16-17(21)13-3-1-2-4-15(13)25-18(16)22/h1-10,21H/b10-7+. The highest BCUT2D eigenvalue weighted by Gasteiger charge is 2.18. The summed E-state index contributed by atoms with van der Waals surface area (Å²) in [6.45, 7) is 0. The minimum Gasteiger partial charge on any atom is -0.506 e. The van der Waals surface area contributed by atoms with Crippen molar-refractivity contribution in [1.82, 2.24) is 0 Å². The van der Waals surface area contributed by atoms with Gasteiger partial charge in [-0.3, -0.25) is 14.9 Å². The topological polar surface area (TPSA) is 111 Å². The van der Waals surface area contributed by atoms with E-state index in [1.54, 1.807) is 12.1 Å². The van der Waals surface area contributed by atoms with E-state index in [1.165, 1.54) is 42.5 Å². The highest BCUT2D eigenvalue weighted by Crippen LogP contribution is 2.26. The van der Waals surface area contributed by atoms with E-state index in [0.29, 0.717) is 5.56 Å². The van der Waals surface area contributed by atoms with Crippen molar-refractivity contribution in [3.8, 4) is 5.75 Å². The third-order valence-corrected chi connectivity index (χ3v) is 3.56. The molecule has 7 heteroatoms. The summed E-state index contributed by atoms with van der Waals surface area (Å²) < 4.78 is 5.04. The van der Waals surface area contributed by atoms with Crippen molar-refractivity contribution in [2.24, 2.45) is 0 Å². The number of ketones is 1. The van der Waals surface area contributed by atoms with E-state index in [-0.39, 0.29) is 16.7 Å². The van der Waals surface area contributed by atoms with Gasteiger partial charge < -0.3 is 9.52 Å². The first-order valence-corrected chi connectivity index (χ1v) is 7.19. The van der Waals surface area contributed by atoms with Gasteiger partial charge in [0.05, 0.1) is 10.3 Å². The molecule has 0 aliphatic heterocycles. The predicted octanol–water partition coefficient (Wildman–Crippen LogP) is 3.30. The van der Waals surface area contributed by atoms with Crippen LogP contribution in [-0.4, -0.2) is 15.8 Å². The summed E-state index contributed by atoms with van der Waals surface area (Å²) in [5.74, 6) is -1.17. The number of nitrogens with zero attached hydrogens (tertiary/aromatic N) is 1. The Kier molecular flexibility index (Phi) is 4.13. The largest absolute Gasteiger partial charge is 0.506 e. The van der Waals surface area contributed by atoms with Crippen LogP contribution in [0, 0.1) is 10.1 Å². The molecule has 25 heavy (non-hydrogen) atoms. The molecule has 1 heterocycles. The van der Waals surface area contributed by atoms with Crippen LogP contribution in [0.5, 0.6) is 5.75 Å². The van der Waals surface area contributed by atoms with Gasteiger partial charge in [-0.05, 0) is 35.9 Å². The molecule has 0 aliphatic rings. The van der Waals surface area contributed by atoms with Crippen molar-refractivity contribution < 1.29 is 19.2 Å². The fraction of sp³-hybridized carbons (Fsp3) is 0. The zero-order valence-electron chi connectivity index (χ0n) is 12.7. The van der Waals surface area contributed by atoms with Crippen LogP contribution in [0.15, 0.2) is 63.8 Å². The third kappa shape index (κ3) is 3.16. The highest BCUT2D eigenvalue weighted by molar-refractivity contribution is 6.10. The van der Waals surface area contributed by atoms with E-state index >= 15 is 0 Å². The van der Waals surface area contributed by atoms with Gasteiger partial charge in [-0.2, -0.15) is 0 Å². The zero-order chi connectivity index (χ0) is 18.0. The predicted molar refractivity (Wildman–Crippen MR) is 90.6 cm³/mol. The van der Waals surface area contributed by atoms with Crippen molar-refractivity contribution in [1.29, 1.82) is 0 Å². The maximum Gasteiger partial charge on any atom is 0.351 e. The second kappa shape index (κ2) is 6.40. The number of rotatable bonds is 4. The Morgan fingerprint density at radius 1 is 1.12 bits per heavy atom. The van der Waals surface area contributed by atoms with E-state index in [4.69, 9.17) is 4.42 Å². The molecule has 0 spiro atoms. The fourth-order valence-corrected chi connectivity index (χ4v) is 2.31. The molecule has 0 saturated carbocycles. The lowest BCUT2D eigenvalue weighted by Crippen LogP contribution is -2.12. The zero-order valence-corrected chi connectivity index (χ0v) is 12.7. The molecule has 124 valence electrons. The van der Waals surface area contributed by atoms with E-state index in [0.717, 1.165) is 6.08 Å². The summed E-state index contributed by atoms with van der Waals surface area (Å²) in [6, 6.07) is 11.8.